The first kappa shape index (κ1) is 26.9. The van der Waals surface area contributed by atoms with Gasteiger partial charge in [-0.15, -0.1) is 0 Å². The number of nitrogens with zero attached hydrogens (tertiary/aromatic N) is 4. The summed E-state index contributed by atoms with van der Waals surface area (Å²) in [4.78, 5) is 24.3. The first-order valence-electron chi connectivity index (χ1n) is 11.5. The van der Waals surface area contributed by atoms with Gasteiger partial charge in [0, 0.05) is 0 Å². The van der Waals surface area contributed by atoms with Gasteiger partial charge in [0.05, 0.1) is 25.6 Å². The van der Waals surface area contributed by atoms with Gasteiger partial charge in [0.25, 0.3) is 0 Å². The maximum atomic E-state index is 13.6. The number of aromatic nitrogens is 4. The molecule has 37 heavy (non-hydrogen) atoms. The SMILES string of the molecule is CC(C)OC(=O)C(C)NP(=O)(OCC1OCC(O)(n2cnc3c(N)ncnc32)C1O)Oc1ccccc1. The van der Waals surface area contributed by atoms with Gasteiger partial charge in [-0.2, -0.15) is 5.09 Å². The summed E-state index contributed by atoms with van der Waals surface area (Å²) in [5, 5.41) is 24.8. The highest BCUT2D eigenvalue weighted by Crippen LogP contribution is 2.46. The Bertz CT molecular complexity index is 1290. The third-order valence-electron chi connectivity index (χ3n) is 5.55. The van der Waals surface area contributed by atoms with Gasteiger partial charge in [-0.1, -0.05) is 18.2 Å². The van der Waals surface area contributed by atoms with Crippen molar-refractivity contribution in [3.05, 3.63) is 43.0 Å². The second-order valence-corrected chi connectivity index (χ2v) is 10.4. The highest BCUT2D eigenvalue weighted by molar-refractivity contribution is 7.52. The third kappa shape index (κ3) is 5.74. The molecule has 0 radical (unpaired) electrons. The minimum atomic E-state index is -4.20. The summed E-state index contributed by atoms with van der Waals surface area (Å²) in [6, 6.07) is 7.16. The molecule has 0 spiro atoms. The molecule has 4 rings (SSSR count). The van der Waals surface area contributed by atoms with E-state index in [0.29, 0.717) is 0 Å². The first-order chi connectivity index (χ1) is 17.5. The number of hydrogen-bond donors (Lipinski definition) is 4. The van der Waals surface area contributed by atoms with E-state index in [1.54, 1.807) is 44.2 Å². The molecule has 0 saturated carbocycles. The van der Waals surface area contributed by atoms with Gasteiger partial charge in [0.2, 0.25) is 0 Å². The van der Waals surface area contributed by atoms with E-state index in [1.165, 1.54) is 24.1 Å². The molecule has 0 aliphatic carbocycles. The largest absolute Gasteiger partial charge is 0.462 e. The molecule has 1 aliphatic rings. The molecular formula is C22H29N6O8P. The summed E-state index contributed by atoms with van der Waals surface area (Å²) in [7, 11) is -4.20. The fourth-order valence-electron chi connectivity index (χ4n) is 3.70. The quantitative estimate of drug-likeness (QED) is 0.211. The number of rotatable bonds is 10. The molecular weight excluding hydrogens is 507 g/mol. The number of nitrogen functional groups attached to an aromatic ring is 1. The van der Waals surface area contributed by atoms with Crippen LogP contribution in [-0.2, 0) is 29.1 Å². The van der Waals surface area contributed by atoms with E-state index < -0.39 is 44.3 Å². The number of nitrogens with one attached hydrogen (secondary N) is 1. The zero-order chi connectivity index (χ0) is 26.8. The molecule has 5 N–H and O–H groups in total. The summed E-state index contributed by atoms with van der Waals surface area (Å²) >= 11 is 0. The number of nitrogens with two attached hydrogens (primary N) is 1. The van der Waals surface area contributed by atoms with Crippen LogP contribution in [0, 0.1) is 0 Å². The molecule has 5 unspecified atom stereocenters. The lowest BCUT2D eigenvalue weighted by Gasteiger charge is -2.28. The van der Waals surface area contributed by atoms with Crippen molar-refractivity contribution in [1.29, 1.82) is 0 Å². The molecule has 1 saturated heterocycles. The lowest BCUT2D eigenvalue weighted by molar-refractivity contribution is -0.149. The lowest BCUT2D eigenvalue weighted by atomic mass is 10.1. The van der Waals surface area contributed by atoms with E-state index in [1.807, 2.05) is 0 Å². The van der Waals surface area contributed by atoms with Gasteiger partial charge in [-0.3, -0.25) is 13.9 Å². The van der Waals surface area contributed by atoms with Crippen molar-refractivity contribution in [1.82, 2.24) is 24.6 Å². The third-order valence-corrected chi connectivity index (χ3v) is 7.19. The molecule has 3 heterocycles. The van der Waals surface area contributed by atoms with E-state index in [9.17, 15) is 19.6 Å². The number of imidazole rings is 1. The van der Waals surface area contributed by atoms with Gasteiger partial charge in [-0.05, 0) is 32.9 Å². The maximum Gasteiger partial charge on any atom is 0.459 e. The maximum absolute atomic E-state index is 13.6. The Morgan fingerprint density at radius 2 is 2.03 bits per heavy atom. The number of para-hydroxylation sites is 1. The Morgan fingerprint density at radius 1 is 1.30 bits per heavy atom. The fraction of sp³-hybridized carbons (Fsp3) is 0.455. The minimum absolute atomic E-state index is 0.107. The number of aliphatic hydroxyl groups excluding tert-OH is 1. The number of anilines is 1. The van der Waals surface area contributed by atoms with Crippen LogP contribution in [0.5, 0.6) is 5.75 Å². The second-order valence-electron chi connectivity index (χ2n) is 8.75. The van der Waals surface area contributed by atoms with Gasteiger partial charge < -0.3 is 29.9 Å². The molecule has 1 aromatic carbocycles. The molecule has 14 nitrogen and oxygen atoms in total. The fourth-order valence-corrected chi connectivity index (χ4v) is 5.20. The Morgan fingerprint density at radius 3 is 2.73 bits per heavy atom. The number of hydrogen-bond acceptors (Lipinski definition) is 12. The topological polar surface area (TPSA) is 193 Å². The molecule has 5 atom stereocenters. The van der Waals surface area contributed by atoms with Gasteiger partial charge in [0.1, 0.15) is 35.8 Å². The number of esters is 1. The average molecular weight is 536 g/mol. The number of benzene rings is 1. The van der Waals surface area contributed by atoms with E-state index in [-0.39, 0.29) is 35.4 Å². The van der Waals surface area contributed by atoms with Crippen LogP contribution in [0.2, 0.25) is 0 Å². The van der Waals surface area contributed by atoms with Crippen molar-refractivity contribution >= 4 is 30.7 Å². The van der Waals surface area contributed by atoms with Crippen molar-refractivity contribution in [3.8, 4) is 5.75 Å². The van der Waals surface area contributed by atoms with Gasteiger partial charge in [-0.25, -0.2) is 19.5 Å². The number of ether oxygens (including phenoxy) is 2. The standard InChI is InChI=1S/C22H29N6O8P/c1-13(2)35-21(30)14(3)27-37(32,36-15-7-5-4-6-8-15)34-9-16-18(29)22(31,10-33-16)28-12-26-17-19(23)24-11-25-20(17)28/h4-8,11-14,16,18,29,31H,9-10H2,1-3H3,(H,27,32)(H2,23,24,25). The minimum Gasteiger partial charge on any atom is -0.462 e. The van der Waals surface area contributed by atoms with E-state index >= 15 is 0 Å². The number of fused-ring (bicyclic) bond motifs is 1. The van der Waals surface area contributed by atoms with Crippen molar-refractivity contribution in [3.63, 3.8) is 0 Å². The van der Waals surface area contributed by atoms with Crippen LogP contribution in [0.25, 0.3) is 11.2 Å². The molecule has 15 heteroatoms. The summed E-state index contributed by atoms with van der Waals surface area (Å²) in [6.45, 7) is 4.00. The summed E-state index contributed by atoms with van der Waals surface area (Å²) < 4.78 is 36.8. The zero-order valence-electron chi connectivity index (χ0n) is 20.4. The van der Waals surface area contributed by atoms with Crippen LogP contribution in [0.1, 0.15) is 20.8 Å². The molecule has 1 fully saturated rings. The first-order valence-corrected chi connectivity index (χ1v) is 13.0. The van der Waals surface area contributed by atoms with Crippen LogP contribution in [-0.4, -0.2) is 73.3 Å². The van der Waals surface area contributed by atoms with Crippen molar-refractivity contribution in [2.75, 3.05) is 18.9 Å². The van der Waals surface area contributed by atoms with Crippen LogP contribution in [0.3, 0.4) is 0 Å². The highest BCUT2D eigenvalue weighted by Gasteiger charge is 2.51. The molecule has 3 aromatic rings. The Labute approximate surface area is 212 Å². The Balaban J connectivity index is 1.51. The molecule has 0 amide bonds. The van der Waals surface area contributed by atoms with Gasteiger partial charge in [0.15, 0.2) is 17.2 Å². The summed E-state index contributed by atoms with van der Waals surface area (Å²) in [6.07, 6.45) is -0.593. The Hall–Kier alpha value is -3.13. The van der Waals surface area contributed by atoms with Crippen molar-refractivity contribution < 1.29 is 38.1 Å². The van der Waals surface area contributed by atoms with Crippen LogP contribution in [0.15, 0.2) is 43.0 Å². The van der Waals surface area contributed by atoms with E-state index in [4.69, 9.17) is 24.3 Å². The average Bonchev–Trinajstić information content (AvgIpc) is 3.41. The van der Waals surface area contributed by atoms with Crippen LogP contribution >= 0.6 is 7.75 Å². The molecule has 200 valence electrons. The number of carbonyl (C=O) groups excluding carboxylic acids is 1. The predicted molar refractivity (Wildman–Crippen MR) is 130 cm³/mol. The summed E-state index contributed by atoms with van der Waals surface area (Å²) in [5.41, 5.74) is 4.27. The predicted octanol–water partition coefficient (Wildman–Crippen LogP) is 0.947. The Kier molecular flexibility index (Phi) is 7.78. The smallest absolute Gasteiger partial charge is 0.459 e. The second kappa shape index (κ2) is 10.7. The number of carbonyl (C=O) groups is 1. The highest BCUT2D eigenvalue weighted by atomic mass is 31.2. The monoisotopic (exact) mass is 536 g/mol. The molecule has 1 aliphatic heterocycles. The normalized spacial score (nSPS) is 24.2. The van der Waals surface area contributed by atoms with Gasteiger partial charge >= 0.3 is 13.7 Å². The zero-order valence-corrected chi connectivity index (χ0v) is 21.3. The van der Waals surface area contributed by atoms with Crippen LogP contribution < -0.4 is 15.3 Å². The summed E-state index contributed by atoms with van der Waals surface area (Å²) in [5.74, 6) is -0.333. The van der Waals surface area contributed by atoms with E-state index in [0.717, 1.165) is 0 Å². The lowest BCUT2D eigenvalue weighted by Crippen LogP contribution is -2.47. The molecule has 0 bridgehead atoms. The number of aliphatic hydroxyl groups is 2. The molecule has 2 aromatic heterocycles. The van der Waals surface area contributed by atoms with Crippen LogP contribution in [0.4, 0.5) is 5.82 Å². The van der Waals surface area contributed by atoms with Crippen molar-refractivity contribution in [2.45, 2.75) is 50.8 Å². The van der Waals surface area contributed by atoms with Crippen molar-refractivity contribution in [2.24, 2.45) is 0 Å². The van der Waals surface area contributed by atoms with E-state index in [2.05, 4.69) is 20.0 Å².